The third kappa shape index (κ3) is 3.06. The van der Waals surface area contributed by atoms with Gasteiger partial charge in [-0.3, -0.25) is 0 Å². The number of hydrogen-bond donors (Lipinski definition) is 1. The molecule has 88 valence electrons. The lowest BCUT2D eigenvalue weighted by Gasteiger charge is -2.32. The Morgan fingerprint density at radius 3 is 3.19 bits per heavy atom. The van der Waals surface area contributed by atoms with E-state index in [2.05, 4.69) is 27.2 Å². The summed E-state index contributed by atoms with van der Waals surface area (Å²) < 4.78 is 0. The van der Waals surface area contributed by atoms with E-state index in [1.807, 2.05) is 6.07 Å². The molecule has 1 aliphatic heterocycles. The van der Waals surface area contributed by atoms with Crippen molar-refractivity contribution in [2.75, 3.05) is 25.5 Å². The van der Waals surface area contributed by atoms with Gasteiger partial charge in [-0.15, -0.1) is 0 Å². The largest absolute Gasteiger partial charge is 0.368 e. The third-order valence-electron chi connectivity index (χ3n) is 3.07. The highest BCUT2D eigenvalue weighted by atomic mass is 35.5. The zero-order valence-corrected chi connectivity index (χ0v) is 10.2. The summed E-state index contributed by atoms with van der Waals surface area (Å²) in [5.74, 6) is 0.805. The van der Waals surface area contributed by atoms with Crippen LogP contribution in [-0.4, -0.2) is 41.0 Å². The Morgan fingerprint density at radius 1 is 1.56 bits per heavy atom. The first-order chi connectivity index (χ1) is 7.75. The van der Waals surface area contributed by atoms with Gasteiger partial charge in [0.05, 0.1) is 0 Å². The molecule has 1 aromatic heterocycles. The number of aromatic nitrogens is 2. The zero-order chi connectivity index (χ0) is 11.4. The van der Waals surface area contributed by atoms with Crippen molar-refractivity contribution >= 4 is 17.4 Å². The Bertz CT molecular complexity index is 345. The standard InChI is InChI=1S/C11H17ClN4/c1-16-7-3-2-4-9(16)8-14-10-5-6-13-11(12)15-10/h5-6,9H,2-4,7-8H2,1H3,(H,13,14,15). The first kappa shape index (κ1) is 11.6. The summed E-state index contributed by atoms with van der Waals surface area (Å²) >= 11 is 5.72. The molecule has 1 saturated heterocycles. The average Bonchev–Trinajstić information content (AvgIpc) is 2.28. The van der Waals surface area contributed by atoms with Crippen molar-refractivity contribution in [3.05, 3.63) is 17.5 Å². The second-order valence-electron chi connectivity index (χ2n) is 4.22. The van der Waals surface area contributed by atoms with Crippen molar-refractivity contribution in [3.63, 3.8) is 0 Å². The first-order valence-electron chi connectivity index (χ1n) is 5.68. The second-order valence-corrected chi connectivity index (χ2v) is 4.56. The molecule has 1 aliphatic rings. The van der Waals surface area contributed by atoms with Crippen LogP contribution in [-0.2, 0) is 0 Å². The SMILES string of the molecule is CN1CCCCC1CNc1ccnc(Cl)n1. The molecule has 1 fully saturated rings. The number of nitrogens with one attached hydrogen (secondary N) is 1. The predicted molar refractivity (Wildman–Crippen MR) is 65.8 cm³/mol. The van der Waals surface area contributed by atoms with E-state index in [-0.39, 0.29) is 0 Å². The molecule has 0 aromatic carbocycles. The third-order valence-corrected chi connectivity index (χ3v) is 3.25. The molecule has 4 nitrogen and oxygen atoms in total. The zero-order valence-electron chi connectivity index (χ0n) is 9.49. The molecule has 0 aliphatic carbocycles. The number of nitrogens with zero attached hydrogens (tertiary/aromatic N) is 3. The van der Waals surface area contributed by atoms with Crippen molar-refractivity contribution in [1.29, 1.82) is 0 Å². The van der Waals surface area contributed by atoms with E-state index in [0.717, 1.165) is 12.4 Å². The smallest absolute Gasteiger partial charge is 0.224 e. The molecule has 2 rings (SSSR count). The molecule has 1 N–H and O–H groups in total. The van der Waals surface area contributed by atoms with Gasteiger partial charge in [0.2, 0.25) is 5.28 Å². The quantitative estimate of drug-likeness (QED) is 0.821. The van der Waals surface area contributed by atoms with Crippen LogP contribution >= 0.6 is 11.6 Å². The maximum absolute atomic E-state index is 5.72. The molecule has 2 heterocycles. The highest BCUT2D eigenvalue weighted by Crippen LogP contribution is 2.15. The van der Waals surface area contributed by atoms with Gasteiger partial charge in [0.15, 0.2) is 0 Å². The summed E-state index contributed by atoms with van der Waals surface area (Å²) in [6.45, 7) is 2.11. The van der Waals surface area contributed by atoms with Crippen LogP contribution in [0.15, 0.2) is 12.3 Å². The fourth-order valence-electron chi connectivity index (χ4n) is 2.06. The van der Waals surface area contributed by atoms with Gasteiger partial charge in [0, 0.05) is 18.8 Å². The Balaban J connectivity index is 1.86. The maximum atomic E-state index is 5.72. The Hall–Kier alpha value is -0.870. The second kappa shape index (κ2) is 5.46. The van der Waals surface area contributed by atoms with Crippen LogP contribution in [0.1, 0.15) is 19.3 Å². The van der Waals surface area contributed by atoms with Crippen LogP contribution in [0.4, 0.5) is 5.82 Å². The van der Waals surface area contributed by atoms with Gasteiger partial charge < -0.3 is 10.2 Å². The topological polar surface area (TPSA) is 41.0 Å². The fraction of sp³-hybridized carbons (Fsp3) is 0.636. The molecule has 0 spiro atoms. The molecule has 16 heavy (non-hydrogen) atoms. The predicted octanol–water partition coefficient (Wildman–Crippen LogP) is 2.03. The lowest BCUT2D eigenvalue weighted by Crippen LogP contribution is -2.40. The summed E-state index contributed by atoms with van der Waals surface area (Å²) in [5.41, 5.74) is 0. The molecular formula is C11H17ClN4. The fourth-order valence-corrected chi connectivity index (χ4v) is 2.21. The van der Waals surface area contributed by atoms with Gasteiger partial charge in [0.25, 0.3) is 0 Å². The number of likely N-dealkylation sites (N-methyl/N-ethyl adjacent to an activating group) is 1. The van der Waals surface area contributed by atoms with E-state index in [9.17, 15) is 0 Å². The Labute approximate surface area is 101 Å². The normalized spacial score (nSPS) is 22.0. The van der Waals surface area contributed by atoms with Crippen LogP contribution in [0.25, 0.3) is 0 Å². The van der Waals surface area contributed by atoms with E-state index in [4.69, 9.17) is 11.6 Å². The lowest BCUT2D eigenvalue weighted by atomic mass is 10.0. The molecule has 1 unspecified atom stereocenters. The number of likely N-dealkylation sites (tertiary alicyclic amines) is 1. The van der Waals surface area contributed by atoms with Gasteiger partial charge in [-0.05, 0) is 44.1 Å². The van der Waals surface area contributed by atoms with Crippen molar-refractivity contribution in [1.82, 2.24) is 14.9 Å². The van der Waals surface area contributed by atoms with Crippen molar-refractivity contribution in [2.45, 2.75) is 25.3 Å². The number of halogens is 1. The van der Waals surface area contributed by atoms with Crippen molar-refractivity contribution in [3.8, 4) is 0 Å². The number of rotatable bonds is 3. The number of anilines is 1. The minimum Gasteiger partial charge on any atom is -0.368 e. The summed E-state index contributed by atoms with van der Waals surface area (Å²) in [6.07, 6.45) is 5.55. The van der Waals surface area contributed by atoms with Crippen LogP contribution in [0, 0.1) is 0 Å². The Kier molecular flexibility index (Phi) is 3.96. The lowest BCUT2D eigenvalue weighted by molar-refractivity contribution is 0.194. The van der Waals surface area contributed by atoms with Gasteiger partial charge in [-0.2, -0.15) is 0 Å². The van der Waals surface area contributed by atoms with Crippen LogP contribution < -0.4 is 5.32 Å². The molecule has 1 atom stereocenters. The minimum atomic E-state index is 0.294. The van der Waals surface area contributed by atoms with E-state index >= 15 is 0 Å². The number of piperidine rings is 1. The maximum Gasteiger partial charge on any atom is 0.224 e. The van der Waals surface area contributed by atoms with Crippen LogP contribution in [0.5, 0.6) is 0 Å². The van der Waals surface area contributed by atoms with Gasteiger partial charge in [-0.1, -0.05) is 6.42 Å². The molecule has 0 bridgehead atoms. The van der Waals surface area contributed by atoms with E-state index in [1.165, 1.54) is 25.8 Å². The van der Waals surface area contributed by atoms with Gasteiger partial charge in [0.1, 0.15) is 5.82 Å². The van der Waals surface area contributed by atoms with E-state index in [0.29, 0.717) is 11.3 Å². The number of hydrogen-bond acceptors (Lipinski definition) is 4. The van der Waals surface area contributed by atoms with Gasteiger partial charge in [-0.25, -0.2) is 9.97 Å². The first-order valence-corrected chi connectivity index (χ1v) is 6.06. The molecule has 1 aromatic rings. The minimum absolute atomic E-state index is 0.294. The Morgan fingerprint density at radius 2 is 2.44 bits per heavy atom. The summed E-state index contributed by atoms with van der Waals surface area (Å²) in [7, 11) is 2.18. The molecule has 0 saturated carbocycles. The summed E-state index contributed by atoms with van der Waals surface area (Å²) in [4.78, 5) is 10.4. The van der Waals surface area contributed by atoms with Crippen molar-refractivity contribution in [2.24, 2.45) is 0 Å². The average molecular weight is 241 g/mol. The highest BCUT2D eigenvalue weighted by Gasteiger charge is 2.18. The van der Waals surface area contributed by atoms with Crippen LogP contribution in [0.3, 0.4) is 0 Å². The van der Waals surface area contributed by atoms with Crippen molar-refractivity contribution < 1.29 is 0 Å². The van der Waals surface area contributed by atoms with E-state index < -0.39 is 0 Å². The summed E-state index contributed by atoms with van der Waals surface area (Å²) in [5, 5.41) is 3.60. The highest BCUT2D eigenvalue weighted by molar-refractivity contribution is 6.28. The molecular weight excluding hydrogens is 224 g/mol. The summed E-state index contributed by atoms with van der Waals surface area (Å²) in [6, 6.07) is 2.44. The monoisotopic (exact) mass is 240 g/mol. The van der Waals surface area contributed by atoms with Gasteiger partial charge >= 0.3 is 0 Å². The molecule has 0 amide bonds. The van der Waals surface area contributed by atoms with Crippen LogP contribution in [0.2, 0.25) is 5.28 Å². The molecule has 0 radical (unpaired) electrons. The van der Waals surface area contributed by atoms with E-state index in [1.54, 1.807) is 6.20 Å². The molecule has 5 heteroatoms.